The zero-order valence-electron chi connectivity index (χ0n) is 29.4. The molecule has 51 heavy (non-hydrogen) atoms. The third-order valence-electron chi connectivity index (χ3n) is 7.78. The van der Waals surface area contributed by atoms with Crippen LogP contribution in [-0.2, 0) is 35.8 Å². The van der Waals surface area contributed by atoms with Crippen LogP contribution in [-0.4, -0.2) is 38.5 Å². The normalized spacial score (nSPS) is 14.5. The van der Waals surface area contributed by atoms with Gasteiger partial charge in [0.15, 0.2) is 0 Å². The number of nitrogens with one attached hydrogen (secondary N) is 1. The van der Waals surface area contributed by atoms with Gasteiger partial charge in [-0.2, -0.15) is 10.5 Å². The second-order valence-electron chi connectivity index (χ2n) is 12.5. The number of aromatic nitrogens is 2. The molecule has 0 unspecified atom stereocenters. The first-order valence-corrected chi connectivity index (χ1v) is 16.0. The van der Waals surface area contributed by atoms with Crippen LogP contribution in [0.25, 0.3) is 0 Å². The molecule has 264 valence electrons. The van der Waals surface area contributed by atoms with E-state index in [4.69, 9.17) is 40.3 Å². The number of amides is 1. The molecule has 2 aromatic heterocycles. The van der Waals surface area contributed by atoms with Gasteiger partial charge in [0, 0.05) is 69.9 Å². The standard InChI is InChI=1S/C19H19N3O3.C11H16N2O2.C8H5NO2/c1-12-17-16(11-24-19(2,3)25-17)15(9-21-12)10-22-18(23)14-6-4-5-13(7-14)8-20;1-7-10-9(8(4-12)5-13-7)6-14-11(2,3)15-10;9-5-6-2-1-3-7(4-6)8(10)11/h4-7,9H,10-11H2,1-3H3,(H,22,23);5H,4,6,12H2,1-3H3;1-4H,(H,10,11). The minimum Gasteiger partial charge on any atom is -0.478 e. The number of hydrogen-bond donors (Lipinski definition) is 3. The molecule has 4 N–H and O–H groups in total. The molecule has 0 fully saturated rings. The Balaban J connectivity index is 0.000000190. The van der Waals surface area contributed by atoms with Crippen molar-refractivity contribution in [2.75, 3.05) is 0 Å². The van der Waals surface area contributed by atoms with E-state index in [-0.39, 0.29) is 11.5 Å². The Morgan fingerprint density at radius 1 is 0.824 bits per heavy atom. The Labute approximate surface area is 296 Å². The summed E-state index contributed by atoms with van der Waals surface area (Å²) in [6, 6.07) is 16.4. The zero-order valence-corrected chi connectivity index (χ0v) is 29.4. The second-order valence-corrected chi connectivity index (χ2v) is 12.5. The number of nitrogens with two attached hydrogens (primary N) is 1. The molecule has 2 aliphatic rings. The topological polar surface area (TPSA) is 203 Å². The van der Waals surface area contributed by atoms with E-state index in [0.717, 1.165) is 45.1 Å². The second kappa shape index (κ2) is 16.2. The van der Waals surface area contributed by atoms with E-state index in [1.807, 2.05) is 53.7 Å². The molecule has 6 rings (SSSR count). The molecular weight excluding hydrogens is 652 g/mol. The highest BCUT2D eigenvalue weighted by Crippen LogP contribution is 2.36. The molecule has 2 aliphatic heterocycles. The predicted molar refractivity (Wildman–Crippen MR) is 185 cm³/mol. The quantitative estimate of drug-likeness (QED) is 0.234. The molecule has 0 bridgehead atoms. The van der Waals surface area contributed by atoms with Gasteiger partial charge in [-0.15, -0.1) is 0 Å². The van der Waals surface area contributed by atoms with Gasteiger partial charge in [-0.1, -0.05) is 12.1 Å². The van der Waals surface area contributed by atoms with Gasteiger partial charge in [0.05, 0.1) is 53.4 Å². The Hall–Kier alpha value is -5.86. The van der Waals surface area contributed by atoms with Crippen molar-refractivity contribution < 1.29 is 33.6 Å². The first-order valence-electron chi connectivity index (χ1n) is 16.0. The predicted octanol–water partition coefficient (Wildman–Crippen LogP) is 5.59. The maximum atomic E-state index is 12.3. The highest BCUT2D eigenvalue weighted by Gasteiger charge is 2.31. The van der Waals surface area contributed by atoms with Crippen LogP contribution >= 0.6 is 0 Å². The highest BCUT2D eigenvalue weighted by atomic mass is 16.7. The average Bonchev–Trinajstić information content (AvgIpc) is 3.11. The Bertz CT molecular complexity index is 2010. The molecule has 2 aromatic carbocycles. The molecule has 0 atom stereocenters. The zero-order chi connectivity index (χ0) is 37.3. The number of pyridine rings is 2. The number of aryl methyl sites for hydroxylation is 2. The fourth-order valence-electron chi connectivity index (χ4n) is 5.04. The lowest BCUT2D eigenvalue weighted by Crippen LogP contribution is -2.36. The van der Waals surface area contributed by atoms with E-state index in [1.165, 1.54) is 12.1 Å². The number of hydrogen-bond acceptors (Lipinski definition) is 11. The Morgan fingerprint density at radius 2 is 1.29 bits per heavy atom. The van der Waals surface area contributed by atoms with Crippen molar-refractivity contribution in [3.8, 4) is 23.6 Å². The minimum atomic E-state index is -1.01. The van der Waals surface area contributed by atoms with Crippen LogP contribution in [0.5, 0.6) is 11.5 Å². The summed E-state index contributed by atoms with van der Waals surface area (Å²) in [5.41, 5.74) is 12.5. The molecular formula is C38H40N6O7. The van der Waals surface area contributed by atoms with Crippen LogP contribution in [0, 0.1) is 36.5 Å². The van der Waals surface area contributed by atoms with Gasteiger partial charge in [-0.25, -0.2) is 4.79 Å². The largest absolute Gasteiger partial charge is 0.478 e. The summed E-state index contributed by atoms with van der Waals surface area (Å²) in [5.74, 6) is -0.985. The Morgan fingerprint density at radius 3 is 1.78 bits per heavy atom. The summed E-state index contributed by atoms with van der Waals surface area (Å²) >= 11 is 0. The number of carboxylic acids is 1. The number of aromatic carboxylic acids is 1. The third-order valence-corrected chi connectivity index (χ3v) is 7.78. The minimum absolute atomic E-state index is 0.143. The number of rotatable bonds is 5. The van der Waals surface area contributed by atoms with E-state index in [9.17, 15) is 9.59 Å². The van der Waals surface area contributed by atoms with Gasteiger partial charge in [0.2, 0.25) is 11.6 Å². The van der Waals surface area contributed by atoms with Gasteiger partial charge in [0.1, 0.15) is 11.5 Å². The van der Waals surface area contributed by atoms with Gasteiger partial charge in [-0.05, 0) is 61.4 Å². The number of nitriles is 2. The number of nitrogens with zero attached hydrogens (tertiary/aromatic N) is 4. The van der Waals surface area contributed by atoms with Crippen LogP contribution in [0.1, 0.15) is 93.2 Å². The molecule has 1 amide bonds. The number of fused-ring (bicyclic) bond motifs is 2. The van der Waals surface area contributed by atoms with E-state index in [0.29, 0.717) is 43.0 Å². The fraction of sp³-hybridized carbons (Fsp3) is 0.316. The van der Waals surface area contributed by atoms with Gasteiger partial charge < -0.3 is 35.1 Å². The summed E-state index contributed by atoms with van der Waals surface area (Å²) in [6.45, 7) is 13.0. The maximum Gasteiger partial charge on any atom is 0.335 e. The highest BCUT2D eigenvalue weighted by molar-refractivity contribution is 5.94. The summed E-state index contributed by atoms with van der Waals surface area (Å²) in [6.07, 6.45) is 3.52. The van der Waals surface area contributed by atoms with E-state index in [1.54, 1.807) is 48.8 Å². The molecule has 4 aromatic rings. The fourth-order valence-corrected chi connectivity index (χ4v) is 5.04. The maximum absolute atomic E-state index is 12.3. The van der Waals surface area contributed by atoms with Gasteiger partial charge in [-0.3, -0.25) is 14.8 Å². The lowest BCUT2D eigenvalue weighted by molar-refractivity contribution is -0.181. The molecule has 13 nitrogen and oxygen atoms in total. The summed E-state index contributed by atoms with van der Waals surface area (Å²) in [4.78, 5) is 31.3. The molecule has 0 radical (unpaired) electrons. The first-order chi connectivity index (χ1) is 24.2. The number of carbonyl (C=O) groups is 2. The summed E-state index contributed by atoms with van der Waals surface area (Å²) in [5, 5.41) is 28.7. The van der Waals surface area contributed by atoms with Crippen LogP contribution < -0.4 is 20.5 Å². The molecule has 0 saturated heterocycles. The molecule has 0 aliphatic carbocycles. The monoisotopic (exact) mass is 692 g/mol. The number of carboxylic acid groups (broad SMARTS) is 1. The molecule has 0 saturated carbocycles. The average molecular weight is 693 g/mol. The smallest absolute Gasteiger partial charge is 0.335 e. The van der Waals surface area contributed by atoms with Gasteiger partial charge in [0.25, 0.3) is 5.91 Å². The third kappa shape index (κ3) is 9.86. The SMILES string of the molecule is Cc1ncc(CN)c2c1OC(C)(C)OC2.Cc1ncc(CNC(=O)c2cccc(C#N)c2)c2c1OC(C)(C)OC2.N#Cc1cccc(C(=O)O)c1. The summed E-state index contributed by atoms with van der Waals surface area (Å²) in [7, 11) is 0. The molecule has 4 heterocycles. The van der Waals surface area contributed by atoms with Crippen molar-refractivity contribution in [1.82, 2.24) is 15.3 Å². The van der Waals surface area contributed by atoms with Crippen molar-refractivity contribution in [2.45, 2.75) is 79.4 Å². The molecule has 0 spiro atoms. The van der Waals surface area contributed by atoms with Crippen LogP contribution in [0.2, 0.25) is 0 Å². The van der Waals surface area contributed by atoms with Crippen molar-refractivity contribution in [1.29, 1.82) is 10.5 Å². The van der Waals surface area contributed by atoms with E-state index < -0.39 is 17.5 Å². The van der Waals surface area contributed by atoms with Crippen LogP contribution in [0.15, 0.2) is 60.9 Å². The summed E-state index contributed by atoms with van der Waals surface area (Å²) < 4.78 is 22.9. The lowest BCUT2D eigenvalue weighted by atomic mass is 10.1. The number of ether oxygens (including phenoxy) is 4. The first kappa shape index (κ1) is 38.0. The Kier molecular flexibility index (Phi) is 12.1. The van der Waals surface area contributed by atoms with Crippen molar-refractivity contribution in [3.05, 3.63) is 117 Å². The van der Waals surface area contributed by atoms with E-state index in [2.05, 4.69) is 15.3 Å². The molecule has 13 heteroatoms. The van der Waals surface area contributed by atoms with Crippen LogP contribution in [0.4, 0.5) is 0 Å². The van der Waals surface area contributed by atoms with E-state index >= 15 is 0 Å². The van der Waals surface area contributed by atoms with Crippen molar-refractivity contribution >= 4 is 11.9 Å². The van der Waals surface area contributed by atoms with Crippen molar-refractivity contribution in [3.63, 3.8) is 0 Å². The lowest BCUT2D eigenvalue weighted by Gasteiger charge is -2.34. The van der Waals surface area contributed by atoms with Gasteiger partial charge >= 0.3 is 5.97 Å². The van der Waals surface area contributed by atoms with Crippen molar-refractivity contribution in [2.24, 2.45) is 5.73 Å². The number of carbonyl (C=O) groups excluding carboxylic acids is 1. The van der Waals surface area contributed by atoms with Crippen LogP contribution in [0.3, 0.4) is 0 Å². The number of benzene rings is 2.